The van der Waals surface area contributed by atoms with Crippen molar-refractivity contribution in [2.45, 2.75) is 44.7 Å². The maximum absolute atomic E-state index is 6.01. The molecule has 108 valence electrons. The van der Waals surface area contributed by atoms with Crippen LogP contribution in [0.3, 0.4) is 0 Å². The summed E-state index contributed by atoms with van der Waals surface area (Å²) in [5.74, 6) is 0. The van der Waals surface area contributed by atoms with E-state index in [1.807, 2.05) is 0 Å². The van der Waals surface area contributed by atoms with Gasteiger partial charge in [0.2, 0.25) is 0 Å². The van der Waals surface area contributed by atoms with E-state index in [2.05, 4.69) is 30.7 Å². The first-order valence-electron chi connectivity index (χ1n) is 7.27. The average molecular weight is 257 g/mol. The number of nitrogens with zero attached hydrogens (tertiary/aromatic N) is 2. The van der Waals surface area contributed by atoms with E-state index in [0.29, 0.717) is 12.6 Å². The van der Waals surface area contributed by atoms with E-state index in [-0.39, 0.29) is 5.54 Å². The molecular formula is C14H31N3O. The van der Waals surface area contributed by atoms with Gasteiger partial charge in [-0.15, -0.1) is 0 Å². The molecule has 0 aromatic carbocycles. The Balaban J connectivity index is 2.63. The van der Waals surface area contributed by atoms with Gasteiger partial charge in [0.1, 0.15) is 0 Å². The molecule has 2 N–H and O–H groups in total. The number of nitrogens with two attached hydrogens (primary N) is 1. The molecule has 0 aromatic rings. The van der Waals surface area contributed by atoms with Gasteiger partial charge in [-0.3, -0.25) is 9.80 Å². The van der Waals surface area contributed by atoms with Gasteiger partial charge in [-0.2, -0.15) is 0 Å². The fraction of sp³-hybridized carbons (Fsp3) is 1.00. The van der Waals surface area contributed by atoms with Crippen molar-refractivity contribution in [3.63, 3.8) is 0 Å². The third-order valence-corrected chi connectivity index (χ3v) is 4.65. The third-order valence-electron chi connectivity index (χ3n) is 4.65. The van der Waals surface area contributed by atoms with Gasteiger partial charge in [-0.25, -0.2) is 0 Å². The quantitative estimate of drug-likeness (QED) is 0.708. The first-order chi connectivity index (χ1) is 8.63. The zero-order valence-electron chi connectivity index (χ0n) is 12.6. The lowest BCUT2D eigenvalue weighted by molar-refractivity contribution is 0.0157. The van der Waals surface area contributed by atoms with E-state index < -0.39 is 0 Å². The molecule has 2 unspecified atom stereocenters. The van der Waals surface area contributed by atoms with E-state index in [4.69, 9.17) is 10.5 Å². The summed E-state index contributed by atoms with van der Waals surface area (Å²) in [5, 5.41) is 0. The van der Waals surface area contributed by atoms with Crippen LogP contribution in [0.1, 0.15) is 33.1 Å². The minimum absolute atomic E-state index is 0.00322. The van der Waals surface area contributed by atoms with Gasteiger partial charge in [0.15, 0.2) is 0 Å². The first kappa shape index (κ1) is 15.9. The lowest BCUT2D eigenvalue weighted by Crippen LogP contribution is -2.57. The van der Waals surface area contributed by atoms with Crippen molar-refractivity contribution in [3.8, 4) is 0 Å². The van der Waals surface area contributed by atoms with Crippen LogP contribution in [0.5, 0.6) is 0 Å². The maximum atomic E-state index is 6.01. The van der Waals surface area contributed by atoms with E-state index >= 15 is 0 Å². The van der Waals surface area contributed by atoms with E-state index in [9.17, 15) is 0 Å². The van der Waals surface area contributed by atoms with Gasteiger partial charge in [0, 0.05) is 26.2 Å². The zero-order chi connectivity index (χ0) is 13.6. The van der Waals surface area contributed by atoms with Crippen LogP contribution in [0.2, 0.25) is 0 Å². The lowest BCUT2D eigenvalue weighted by atomic mass is 9.94. The van der Waals surface area contributed by atoms with Crippen LogP contribution in [-0.4, -0.2) is 68.3 Å². The van der Waals surface area contributed by atoms with Crippen LogP contribution in [-0.2, 0) is 4.74 Å². The molecule has 1 aliphatic rings. The SMILES string of the molecule is CCN1CCCC1CN(C)C(CC)(CN)COC. The Morgan fingerprint density at radius 1 is 1.44 bits per heavy atom. The summed E-state index contributed by atoms with van der Waals surface area (Å²) >= 11 is 0. The average Bonchev–Trinajstić information content (AvgIpc) is 2.83. The lowest BCUT2D eigenvalue weighted by Gasteiger charge is -2.42. The molecule has 0 amide bonds. The Bertz CT molecular complexity index is 231. The highest BCUT2D eigenvalue weighted by Gasteiger charge is 2.34. The maximum Gasteiger partial charge on any atom is 0.0658 e. The molecule has 1 fully saturated rings. The number of likely N-dealkylation sites (N-methyl/N-ethyl adjacent to an activating group) is 2. The number of hydrogen-bond donors (Lipinski definition) is 1. The van der Waals surface area contributed by atoms with Crippen LogP contribution < -0.4 is 5.73 Å². The fourth-order valence-corrected chi connectivity index (χ4v) is 3.14. The van der Waals surface area contributed by atoms with Gasteiger partial charge in [-0.05, 0) is 39.4 Å². The van der Waals surface area contributed by atoms with Crippen molar-refractivity contribution < 1.29 is 4.74 Å². The van der Waals surface area contributed by atoms with Crippen molar-refractivity contribution in [2.24, 2.45) is 5.73 Å². The Kier molecular flexibility index (Phi) is 6.57. The monoisotopic (exact) mass is 257 g/mol. The smallest absolute Gasteiger partial charge is 0.0658 e. The molecule has 0 radical (unpaired) electrons. The second kappa shape index (κ2) is 7.43. The molecule has 18 heavy (non-hydrogen) atoms. The molecule has 1 saturated heterocycles. The molecule has 4 nitrogen and oxygen atoms in total. The first-order valence-corrected chi connectivity index (χ1v) is 7.27. The van der Waals surface area contributed by atoms with Gasteiger partial charge in [-0.1, -0.05) is 13.8 Å². The van der Waals surface area contributed by atoms with Gasteiger partial charge >= 0.3 is 0 Å². The van der Waals surface area contributed by atoms with Gasteiger partial charge < -0.3 is 10.5 Å². The van der Waals surface area contributed by atoms with Crippen LogP contribution in [0.25, 0.3) is 0 Å². The van der Waals surface area contributed by atoms with Crippen molar-refractivity contribution in [1.82, 2.24) is 9.80 Å². The molecule has 2 atom stereocenters. The Hall–Kier alpha value is -0.160. The van der Waals surface area contributed by atoms with E-state index in [1.54, 1.807) is 7.11 Å². The van der Waals surface area contributed by atoms with Crippen LogP contribution in [0.4, 0.5) is 0 Å². The number of likely N-dealkylation sites (tertiary alicyclic amines) is 1. The molecule has 1 aliphatic heterocycles. The molecule has 0 bridgehead atoms. The van der Waals surface area contributed by atoms with Crippen LogP contribution >= 0.6 is 0 Å². The summed E-state index contributed by atoms with van der Waals surface area (Å²) in [5.41, 5.74) is 6.01. The van der Waals surface area contributed by atoms with Crippen molar-refractivity contribution in [1.29, 1.82) is 0 Å². The highest BCUT2D eigenvalue weighted by atomic mass is 16.5. The van der Waals surface area contributed by atoms with Gasteiger partial charge in [0.05, 0.1) is 12.1 Å². The minimum Gasteiger partial charge on any atom is -0.383 e. The topological polar surface area (TPSA) is 41.7 Å². The summed E-state index contributed by atoms with van der Waals surface area (Å²) < 4.78 is 5.39. The number of rotatable bonds is 8. The standard InChI is InChI=1S/C14H31N3O/c1-5-14(11-15,12-18-4)16(3)10-13-8-7-9-17(13)6-2/h13H,5-12,15H2,1-4H3. The highest BCUT2D eigenvalue weighted by Crippen LogP contribution is 2.23. The van der Waals surface area contributed by atoms with Crippen LogP contribution in [0.15, 0.2) is 0 Å². The zero-order valence-corrected chi connectivity index (χ0v) is 12.6. The largest absolute Gasteiger partial charge is 0.383 e. The molecule has 0 aliphatic carbocycles. The summed E-state index contributed by atoms with van der Waals surface area (Å²) in [6.07, 6.45) is 3.68. The molecule has 1 heterocycles. The van der Waals surface area contributed by atoms with Crippen LogP contribution in [0, 0.1) is 0 Å². The fourth-order valence-electron chi connectivity index (χ4n) is 3.14. The number of methoxy groups -OCH3 is 1. The second-order valence-electron chi connectivity index (χ2n) is 5.52. The van der Waals surface area contributed by atoms with E-state index in [0.717, 1.165) is 26.1 Å². The Morgan fingerprint density at radius 2 is 2.17 bits per heavy atom. The number of hydrogen-bond acceptors (Lipinski definition) is 4. The summed E-state index contributed by atoms with van der Waals surface area (Å²) in [6, 6.07) is 0.689. The molecule has 0 aromatic heterocycles. The summed E-state index contributed by atoms with van der Waals surface area (Å²) in [6.45, 7) is 9.34. The molecule has 1 rings (SSSR count). The van der Waals surface area contributed by atoms with Gasteiger partial charge in [0.25, 0.3) is 0 Å². The summed E-state index contributed by atoms with van der Waals surface area (Å²) in [4.78, 5) is 5.01. The Morgan fingerprint density at radius 3 is 2.67 bits per heavy atom. The van der Waals surface area contributed by atoms with Crippen molar-refractivity contribution >= 4 is 0 Å². The van der Waals surface area contributed by atoms with Crippen molar-refractivity contribution in [2.75, 3.05) is 46.9 Å². The molecule has 0 saturated carbocycles. The van der Waals surface area contributed by atoms with E-state index in [1.165, 1.54) is 19.4 Å². The normalized spacial score (nSPS) is 24.7. The Labute approximate surface area is 112 Å². The van der Waals surface area contributed by atoms with Crippen molar-refractivity contribution in [3.05, 3.63) is 0 Å². The number of ether oxygens (including phenoxy) is 1. The predicted octanol–water partition coefficient (Wildman–Crippen LogP) is 1.16. The second-order valence-corrected chi connectivity index (χ2v) is 5.52. The third kappa shape index (κ3) is 3.44. The summed E-state index contributed by atoms with van der Waals surface area (Å²) in [7, 11) is 3.96. The minimum atomic E-state index is -0.00322. The molecule has 4 heteroatoms. The molecule has 0 spiro atoms. The predicted molar refractivity (Wildman–Crippen MR) is 76.9 cm³/mol. The molecular weight excluding hydrogens is 226 g/mol. The highest BCUT2D eigenvalue weighted by molar-refractivity contribution is 4.92.